The largest absolute Gasteiger partial charge is 0.280 e. The highest BCUT2D eigenvalue weighted by Crippen LogP contribution is 2.26. The first kappa shape index (κ1) is 21.1. The van der Waals surface area contributed by atoms with Crippen LogP contribution in [0.1, 0.15) is 5.56 Å². The summed E-state index contributed by atoms with van der Waals surface area (Å²) >= 11 is 5.84. The van der Waals surface area contributed by atoms with Crippen molar-refractivity contribution in [3.8, 4) is 0 Å². The van der Waals surface area contributed by atoms with E-state index in [1.807, 2.05) is 0 Å². The van der Waals surface area contributed by atoms with E-state index in [0.717, 1.165) is 6.07 Å². The van der Waals surface area contributed by atoms with Gasteiger partial charge in [-0.15, -0.1) is 0 Å². The van der Waals surface area contributed by atoms with E-state index in [0.29, 0.717) is 5.56 Å². The first-order valence-electron chi connectivity index (χ1n) is 8.25. The molecule has 0 bridgehead atoms. The number of para-hydroxylation sites is 1. The third-order valence-corrected chi connectivity index (χ3v) is 7.08. The van der Waals surface area contributed by atoms with Gasteiger partial charge in [0.15, 0.2) is 0 Å². The van der Waals surface area contributed by atoms with Gasteiger partial charge in [-0.1, -0.05) is 35.9 Å². The maximum absolute atomic E-state index is 13.8. The second-order valence-electron chi connectivity index (χ2n) is 6.13. The summed E-state index contributed by atoms with van der Waals surface area (Å²) in [6, 6.07) is 15.0. The maximum Gasteiger partial charge on any atom is 0.262 e. The van der Waals surface area contributed by atoms with Crippen LogP contribution in [0.25, 0.3) is 0 Å². The number of sulfonamides is 2. The highest BCUT2D eigenvalue weighted by atomic mass is 35.5. The van der Waals surface area contributed by atoms with Crippen molar-refractivity contribution in [1.82, 2.24) is 0 Å². The van der Waals surface area contributed by atoms with Crippen molar-refractivity contribution in [2.75, 3.05) is 9.44 Å². The fourth-order valence-electron chi connectivity index (χ4n) is 2.55. The molecule has 0 aliphatic rings. The van der Waals surface area contributed by atoms with Gasteiger partial charge in [0, 0.05) is 5.02 Å². The summed E-state index contributed by atoms with van der Waals surface area (Å²) in [6.07, 6.45) is 0. The monoisotopic (exact) mass is 454 g/mol. The molecule has 3 rings (SSSR count). The molecule has 3 aromatic rings. The number of nitrogens with one attached hydrogen (secondary N) is 2. The van der Waals surface area contributed by atoms with E-state index in [9.17, 15) is 21.2 Å². The molecule has 10 heteroatoms. The van der Waals surface area contributed by atoms with Crippen LogP contribution in [0.2, 0.25) is 5.02 Å². The van der Waals surface area contributed by atoms with Gasteiger partial charge in [-0.3, -0.25) is 9.44 Å². The third kappa shape index (κ3) is 4.87. The third-order valence-electron chi connectivity index (χ3n) is 3.95. The van der Waals surface area contributed by atoms with Gasteiger partial charge < -0.3 is 0 Å². The Bertz CT molecular complexity index is 1280. The summed E-state index contributed by atoms with van der Waals surface area (Å²) in [5, 5.41) is 0.245. The molecule has 0 atom stereocenters. The van der Waals surface area contributed by atoms with Crippen LogP contribution >= 0.6 is 11.6 Å². The predicted molar refractivity (Wildman–Crippen MR) is 111 cm³/mol. The Hall–Kier alpha value is -2.62. The predicted octanol–water partition coefficient (Wildman–Crippen LogP) is 4.39. The molecule has 0 saturated carbocycles. The van der Waals surface area contributed by atoms with Gasteiger partial charge in [-0.2, -0.15) is 0 Å². The van der Waals surface area contributed by atoms with Crippen LogP contribution in [0.15, 0.2) is 76.5 Å². The first-order chi connectivity index (χ1) is 13.6. The minimum absolute atomic E-state index is 0.0319. The summed E-state index contributed by atoms with van der Waals surface area (Å²) in [6.45, 7) is 1.55. The number of aryl methyl sites for hydroxylation is 1. The van der Waals surface area contributed by atoms with Crippen molar-refractivity contribution in [3.63, 3.8) is 0 Å². The first-order valence-corrected chi connectivity index (χ1v) is 11.6. The van der Waals surface area contributed by atoms with E-state index < -0.39 is 25.9 Å². The summed E-state index contributed by atoms with van der Waals surface area (Å²) in [5.41, 5.74) is 0.181. The summed E-state index contributed by atoms with van der Waals surface area (Å²) in [4.78, 5) is -0.258. The number of halogens is 2. The fourth-order valence-corrected chi connectivity index (χ4v) is 5.23. The lowest BCUT2D eigenvalue weighted by atomic mass is 10.2. The SMILES string of the molecule is Cc1ccc(NS(=O)(=O)c2cccc(Cl)c2)cc1S(=O)(=O)Nc1ccccc1F. The second-order valence-corrected chi connectivity index (χ2v) is 9.90. The quantitative estimate of drug-likeness (QED) is 0.577. The standard InChI is InChI=1S/C19H16ClFN2O4S2/c1-13-9-10-15(22-28(24,25)16-6-4-5-14(20)11-16)12-19(13)29(26,27)23-18-8-3-2-7-17(18)21/h2-12,22-23H,1H3. The van der Waals surface area contributed by atoms with Crippen LogP contribution in [0.4, 0.5) is 15.8 Å². The Kier molecular flexibility index (Phi) is 5.83. The van der Waals surface area contributed by atoms with Crippen molar-refractivity contribution in [2.24, 2.45) is 0 Å². The molecular weight excluding hydrogens is 439 g/mol. The highest BCUT2D eigenvalue weighted by molar-refractivity contribution is 7.93. The Balaban J connectivity index is 1.95. The second kappa shape index (κ2) is 8.02. The molecule has 0 heterocycles. The minimum atomic E-state index is -4.16. The lowest BCUT2D eigenvalue weighted by Crippen LogP contribution is -2.17. The summed E-state index contributed by atoms with van der Waals surface area (Å²) in [7, 11) is -8.15. The molecular formula is C19H16ClFN2O4S2. The zero-order valence-corrected chi connectivity index (χ0v) is 17.4. The highest BCUT2D eigenvalue weighted by Gasteiger charge is 2.21. The number of rotatable bonds is 6. The van der Waals surface area contributed by atoms with Crippen molar-refractivity contribution >= 4 is 43.0 Å². The molecule has 0 aliphatic heterocycles. The molecule has 0 unspecified atom stereocenters. The molecule has 0 aromatic heterocycles. The zero-order valence-electron chi connectivity index (χ0n) is 15.1. The van der Waals surface area contributed by atoms with Crippen molar-refractivity contribution in [1.29, 1.82) is 0 Å². The van der Waals surface area contributed by atoms with Gasteiger partial charge in [-0.05, 0) is 55.0 Å². The molecule has 0 saturated heterocycles. The van der Waals surface area contributed by atoms with Crippen molar-refractivity contribution in [3.05, 3.63) is 83.1 Å². The van der Waals surface area contributed by atoms with Crippen LogP contribution in [0, 0.1) is 12.7 Å². The van der Waals surface area contributed by atoms with E-state index in [2.05, 4.69) is 9.44 Å². The number of hydrogen-bond donors (Lipinski definition) is 2. The number of anilines is 2. The van der Waals surface area contributed by atoms with Gasteiger partial charge >= 0.3 is 0 Å². The molecule has 0 spiro atoms. The van der Waals surface area contributed by atoms with E-state index in [-0.39, 0.29) is 26.2 Å². The molecule has 152 valence electrons. The Morgan fingerprint density at radius 3 is 2.24 bits per heavy atom. The van der Waals surface area contributed by atoms with Gasteiger partial charge in [0.25, 0.3) is 20.0 Å². The molecule has 0 amide bonds. The molecule has 6 nitrogen and oxygen atoms in total. The Labute approximate surface area is 173 Å². The van der Waals surface area contributed by atoms with Crippen LogP contribution in [-0.2, 0) is 20.0 Å². The lowest BCUT2D eigenvalue weighted by molar-refractivity contribution is 0.597. The average molecular weight is 455 g/mol. The molecule has 2 N–H and O–H groups in total. The normalized spacial score (nSPS) is 11.8. The maximum atomic E-state index is 13.8. The molecule has 29 heavy (non-hydrogen) atoms. The van der Waals surface area contributed by atoms with Gasteiger partial charge in [0.1, 0.15) is 5.82 Å². The summed E-state index contributed by atoms with van der Waals surface area (Å²) in [5.74, 6) is -0.730. The van der Waals surface area contributed by atoms with Crippen LogP contribution < -0.4 is 9.44 Å². The topological polar surface area (TPSA) is 92.3 Å². The van der Waals surface area contributed by atoms with Crippen molar-refractivity contribution < 1.29 is 21.2 Å². The minimum Gasteiger partial charge on any atom is -0.280 e. The number of hydrogen-bond acceptors (Lipinski definition) is 4. The average Bonchev–Trinajstić information content (AvgIpc) is 2.65. The van der Waals surface area contributed by atoms with Crippen molar-refractivity contribution in [2.45, 2.75) is 16.7 Å². The smallest absolute Gasteiger partial charge is 0.262 e. The molecule has 3 aromatic carbocycles. The van der Waals surface area contributed by atoms with Crippen LogP contribution in [0.5, 0.6) is 0 Å². The van der Waals surface area contributed by atoms with Crippen LogP contribution in [-0.4, -0.2) is 16.8 Å². The zero-order chi connectivity index (χ0) is 21.2. The summed E-state index contributed by atoms with van der Waals surface area (Å²) < 4.78 is 68.9. The van der Waals surface area contributed by atoms with Gasteiger partial charge in [0.2, 0.25) is 0 Å². The van der Waals surface area contributed by atoms with E-state index in [1.165, 1.54) is 60.7 Å². The van der Waals surface area contributed by atoms with Gasteiger partial charge in [-0.25, -0.2) is 21.2 Å². The molecule has 0 radical (unpaired) electrons. The number of benzene rings is 3. The van der Waals surface area contributed by atoms with Crippen LogP contribution in [0.3, 0.4) is 0 Å². The Morgan fingerprint density at radius 1 is 0.828 bits per heavy atom. The fraction of sp³-hybridized carbons (Fsp3) is 0.0526. The van der Waals surface area contributed by atoms with E-state index >= 15 is 0 Å². The van der Waals surface area contributed by atoms with Gasteiger partial charge in [0.05, 0.1) is 21.2 Å². The van der Waals surface area contributed by atoms with E-state index in [1.54, 1.807) is 6.92 Å². The lowest BCUT2D eigenvalue weighted by Gasteiger charge is -2.14. The molecule has 0 fully saturated rings. The Morgan fingerprint density at radius 2 is 1.55 bits per heavy atom. The van der Waals surface area contributed by atoms with E-state index in [4.69, 9.17) is 11.6 Å². The molecule has 0 aliphatic carbocycles.